The lowest BCUT2D eigenvalue weighted by Crippen LogP contribution is -2.70. The Morgan fingerprint density at radius 2 is 1.81 bits per heavy atom. The van der Waals surface area contributed by atoms with E-state index in [0.29, 0.717) is 38.2 Å². The minimum Gasteiger partial charge on any atom is -0.508 e. The topological polar surface area (TPSA) is 121 Å². The number of ether oxygens (including phenoxy) is 2. The number of aromatic hydroxyl groups is 1. The second-order valence-electron chi connectivity index (χ2n) is 15.1. The van der Waals surface area contributed by atoms with Crippen LogP contribution in [0.15, 0.2) is 90.1 Å². The van der Waals surface area contributed by atoms with Crippen molar-refractivity contribution in [2.75, 3.05) is 26.4 Å². The molecule has 282 valence electrons. The molecule has 0 saturated heterocycles. The molecule has 2 fully saturated rings. The maximum Gasteiger partial charge on any atom is 0.239 e. The number of unbranched alkanes of at least 4 members (excludes halogenated alkanes) is 2. The van der Waals surface area contributed by atoms with Crippen molar-refractivity contribution in [2.45, 2.75) is 89.0 Å². The number of benzene rings is 3. The van der Waals surface area contributed by atoms with Crippen LogP contribution < -0.4 is 4.74 Å². The summed E-state index contributed by atoms with van der Waals surface area (Å²) in [6, 6.07) is 19.3. The number of hydrogen-bond acceptors (Lipinski definition) is 8. The van der Waals surface area contributed by atoms with Crippen molar-refractivity contribution >= 4 is 22.4 Å². The predicted molar refractivity (Wildman–Crippen MR) is 205 cm³/mol. The zero-order chi connectivity index (χ0) is 37.0. The third kappa shape index (κ3) is 7.36. The number of fused-ring (bicyclic) bond motifs is 3. The molecular formula is C44H54N2O7. The lowest BCUT2D eigenvalue weighted by atomic mass is 9.55. The van der Waals surface area contributed by atoms with Crippen LogP contribution in [0.2, 0.25) is 0 Å². The van der Waals surface area contributed by atoms with E-state index in [1.807, 2.05) is 36.1 Å². The predicted octanol–water partition coefficient (Wildman–Crippen LogP) is 7.64. The molecule has 0 aromatic heterocycles. The van der Waals surface area contributed by atoms with Gasteiger partial charge in [0, 0.05) is 43.6 Å². The highest BCUT2D eigenvalue weighted by Gasteiger charge is 2.66. The number of amides is 1. The number of aliphatic hydroxyl groups excluding tert-OH is 2. The number of nitrogens with zero attached hydrogens (tertiary/aromatic N) is 2. The van der Waals surface area contributed by atoms with Crippen molar-refractivity contribution in [1.82, 2.24) is 4.90 Å². The van der Waals surface area contributed by atoms with Gasteiger partial charge in [0.05, 0.1) is 18.2 Å². The Morgan fingerprint density at radius 3 is 2.57 bits per heavy atom. The van der Waals surface area contributed by atoms with Gasteiger partial charge in [-0.05, 0) is 97.4 Å². The summed E-state index contributed by atoms with van der Waals surface area (Å²) in [6.45, 7) is 7.16. The molecule has 6 atom stereocenters. The molecule has 3 aromatic rings. The van der Waals surface area contributed by atoms with E-state index in [4.69, 9.17) is 19.5 Å². The van der Waals surface area contributed by atoms with Crippen LogP contribution in [0.3, 0.4) is 0 Å². The lowest BCUT2D eigenvalue weighted by molar-refractivity contribution is -0.258. The third-order valence-electron chi connectivity index (χ3n) is 11.8. The van der Waals surface area contributed by atoms with Crippen LogP contribution in [0.25, 0.3) is 10.8 Å². The van der Waals surface area contributed by atoms with Crippen LogP contribution in [0.4, 0.5) is 0 Å². The Kier molecular flexibility index (Phi) is 11.5. The molecule has 6 unspecified atom stereocenters. The molecule has 0 bridgehead atoms. The number of carbonyl (C=O) groups is 1. The van der Waals surface area contributed by atoms with Gasteiger partial charge in [0.25, 0.3) is 0 Å². The van der Waals surface area contributed by atoms with Crippen LogP contribution >= 0.6 is 0 Å². The van der Waals surface area contributed by atoms with Gasteiger partial charge in [-0.25, -0.2) is 0 Å². The number of carbonyl (C=O) groups excluding carboxylic acids is 1. The fourth-order valence-electron chi connectivity index (χ4n) is 9.32. The molecule has 3 aliphatic carbocycles. The van der Waals surface area contributed by atoms with Gasteiger partial charge >= 0.3 is 0 Å². The van der Waals surface area contributed by atoms with E-state index >= 15 is 0 Å². The van der Waals surface area contributed by atoms with Crippen molar-refractivity contribution < 1.29 is 34.4 Å². The molecule has 0 spiro atoms. The van der Waals surface area contributed by atoms with E-state index in [1.54, 1.807) is 12.1 Å². The molecule has 3 aromatic carbocycles. The largest absolute Gasteiger partial charge is 0.508 e. The van der Waals surface area contributed by atoms with E-state index in [1.165, 1.54) is 0 Å². The molecule has 9 heteroatoms. The maximum absolute atomic E-state index is 14.8. The van der Waals surface area contributed by atoms with Crippen LogP contribution in [0.1, 0.15) is 81.8 Å². The molecule has 7 rings (SSSR count). The molecule has 3 N–H and O–H groups in total. The third-order valence-corrected chi connectivity index (χ3v) is 11.8. The van der Waals surface area contributed by atoms with Gasteiger partial charge in [-0.3, -0.25) is 4.79 Å². The highest BCUT2D eigenvalue weighted by Crippen LogP contribution is 2.62. The summed E-state index contributed by atoms with van der Waals surface area (Å²) in [7, 11) is 0. The summed E-state index contributed by atoms with van der Waals surface area (Å²) < 4.78 is 14.3. The fraction of sp³-hybridized carbons (Fsp3) is 0.500. The number of allylic oxidation sites excluding steroid dienone is 1. The number of aliphatic hydroxyl groups is 2. The number of phenols is 1. The highest BCUT2D eigenvalue weighted by atomic mass is 16.7. The van der Waals surface area contributed by atoms with Crippen LogP contribution in [-0.4, -0.2) is 70.1 Å². The Bertz CT molecular complexity index is 1830. The van der Waals surface area contributed by atoms with E-state index in [0.717, 1.165) is 71.7 Å². The number of hydrogen-bond donors (Lipinski definition) is 3. The standard InChI is InChI=1S/C44H54N2O7/c1-3-24-51-44-40(46(43(50)30-18-19-30)28-32-15-11-14-29-12-5-6-16-34(29)32)27-38(45-52-4-2)36-25-31(13-7-9-22-47)35(17-8-10-23-48)41(42(36)44)37-26-33(49)20-21-39(37)53-44/h3,5-6,11-12,14-16,20-21,25-26,30-31,35,40-42,47-49H,1,4,7-10,13,17-19,22-24,27-28H2,2H3. The first-order valence-corrected chi connectivity index (χ1v) is 19.6. The first-order valence-electron chi connectivity index (χ1n) is 19.6. The minimum atomic E-state index is -1.32. The normalized spacial score (nSPS) is 26.7. The van der Waals surface area contributed by atoms with Gasteiger partial charge in [-0.2, -0.15) is 0 Å². The minimum absolute atomic E-state index is 0.0669. The first-order chi connectivity index (χ1) is 25.9. The van der Waals surface area contributed by atoms with Gasteiger partial charge in [0.2, 0.25) is 11.7 Å². The Labute approximate surface area is 312 Å². The zero-order valence-electron chi connectivity index (χ0n) is 30.9. The number of phenolic OH excluding ortho intramolecular Hbond substituents is 1. The summed E-state index contributed by atoms with van der Waals surface area (Å²) in [5.41, 5.74) is 3.73. The summed E-state index contributed by atoms with van der Waals surface area (Å²) in [4.78, 5) is 22.6. The van der Waals surface area contributed by atoms with Crippen molar-refractivity contribution in [1.29, 1.82) is 0 Å². The van der Waals surface area contributed by atoms with Crippen molar-refractivity contribution in [2.24, 2.45) is 28.8 Å². The van der Waals surface area contributed by atoms with Crippen molar-refractivity contribution in [3.63, 3.8) is 0 Å². The molecular weight excluding hydrogens is 668 g/mol. The summed E-state index contributed by atoms with van der Waals surface area (Å²) in [5.74, 6) is -0.845. The molecule has 9 nitrogen and oxygen atoms in total. The highest BCUT2D eigenvalue weighted by molar-refractivity contribution is 6.03. The lowest BCUT2D eigenvalue weighted by Gasteiger charge is -2.60. The quantitative estimate of drug-likeness (QED) is 0.0744. The van der Waals surface area contributed by atoms with Gasteiger partial charge in [0.1, 0.15) is 24.1 Å². The van der Waals surface area contributed by atoms with Crippen molar-refractivity contribution in [3.8, 4) is 11.5 Å². The molecule has 0 radical (unpaired) electrons. The second-order valence-corrected chi connectivity index (χ2v) is 15.1. The Morgan fingerprint density at radius 1 is 1.04 bits per heavy atom. The monoisotopic (exact) mass is 722 g/mol. The maximum atomic E-state index is 14.8. The molecule has 53 heavy (non-hydrogen) atoms. The molecule has 4 aliphatic rings. The van der Waals surface area contributed by atoms with Gasteiger partial charge in [-0.15, -0.1) is 6.58 Å². The fourth-order valence-corrected chi connectivity index (χ4v) is 9.32. The van der Waals surface area contributed by atoms with E-state index < -0.39 is 17.7 Å². The molecule has 1 amide bonds. The molecule has 1 aliphatic heterocycles. The molecule has 1 heterocycles. The first kappa shape index (κ1) is 37.1. The average Bonchev–Trinajstić information content (AvgIpc) is 4.03. The summed E-state index contributed by atoms with van der Waals surface area (Å²) >= 11 is 0. The zero-order valence-corrected chi connectivity index (χ0v) is 30.9. The SMILES string of the molecule is C=CCOC12Oc3ccc(O)cc3C3C(CCCCO)C(CCCCO)C=C(C(=NOCC)CC1N(Cc1cccc4ccccc14)C(=O)C1CC1)C32. The van der Waals surface area contributed by atoms with Gasteiger partial charge in [0.15, 0.2) is 0 Å². The smallest absolute Gasteiger partial charge is 0.239 e. The van der Waals surface area contributed by atoms with Crippen molar-refractivity contribution in [3.05, 3.63) is 96.1 Å². The van der Waals surface area contributed by atoms with Crippen LogP contribution in [0.5, 0.6) is 11.5 Å². The van der Waals surface area contributed by atoms with E-state index in [9.17, 15) is 20.1 Å². The number of oxime groups is 1. The summed E-state index contributed by atoms with van der Waals surface area (Å²) in [6.07, 6.45) is 10.9. The Balaban J connectivity index is 1.45. The second kappa shape index (κ2) is 16.5. The van der Waals surface area contributed by atoms with Crippen LogP contribution in [0, 0.1) is 23.7 Å². The summed E-state index contributed by atoms with van der Waals surface area (Å²) in [5, 5.41) is 37.5. The van der Waals surface area contributed by atoms with E-state index in [-0.39, 0.29) is 55.1 Å². The Hall–Kier alpha value is -4.18. The van der Waals surface area contributed by atoms with E-state index in [2.05, 4.69) is 43.0 Å². The number of rotatable bonds is 17. The van der Waals surface area contributed by atoms with Crippen LogP contribution in [-0.2, 0) is 20.9 Å². The van der Waals surface area contributed by atoms with Gasteiger partial charge < -0.3 is 34.5 Å². The van der Waals surface area contributed by atoms with Gasteiger partial charge in [-0.1, -0.05) is 72.6 Å². The average molecular weight is 723 g/mol. The molecule has 2 saturated carbocycles.